The summed E-state index contributed by atoms with van der Waals surface area (Å²) in [5.74, 6) is 0.578. The van der Waals surface area contributed by atoms with Crippen molar-refractivity contribution >= 4 is 17.6 Å². The van der Waals surface area contributed by atoms with Gasteiger partial charge in [0, 0.05) is 44.7 Å². The number of rotatable bonds is 6. The Labute approximate surface area is 206 Å². The van der Waals surface area contributed by atoms with Crippen molar-refractivity contribution in [1.82, 2.24) is 24.8 Å². The minimum absolute atomic E-state index is 0.0232. The summed E-state index contributed by atoms with van der Waals surface area (Å²) in [5.41, 5.74) is 1.47. The van der Waals surface area contributed by atoms with Gasteiger partial charge in [0.1, 0.15) is 5.75 Å². The first-order valence-corrected chi connectivity index (χ1v) is 11.9. The molecule has 11 nitrogen and oxygen atoms in total. The van der Waals surface area contributed by atoms with E-state index in [0.717, 1.165) is 5.69 Å². The Balaban J connectivity index is 1.74. The lowest BCUT2D eigenvalue weighted by Gasteiger charge is -2.35. The van der Waals surface area contributed by atoms with Crippen LogP contribution in [-0.2, 0) is 22.7 Å². The number of anilines is 1. The van der Waals surface area contributed by atoms with Crippen LogP contribution in [0, 0.1) is 5.92 Å². The second kappa shape index (κ2) is 12.5. The minimum atomic E-state index is -0.370. The molecule has 1 aromatic heterocycles. The van der Waals surface area contributed by atoms with E-state index in [9.17, 15) is 14.7 Å². The van der Waals surface area contributed by atoms with E-state index in [1.54, 1.807) is 59.1 Å². The number of carbonyl (C=O) groups is 2. The number of fused-ring (bicyclic) bond motifs is 1. The first-order chi connectivity index (χ1) is 16.8. The number of aromatic nitrogens is 3. The van der Waals surface area contributed by atoms with Crippen LogP contribution in [0.25, 0.3) is 0 Å². The molecule has 2 heterocycles. The molecule has 11 heteroatoms. The van der Waals surface area contributed by atoms with Crippen LogP contribution in [0.2, 0.25) is 0 Å². The lowest BCUT2D eigenvalue weighted by molar-refractivity contribution is -0.136. The number of methoxy groups -OCH3 is 1. The van der Waals surface area contributed by atoms with E-state index in [4.69, 9.17) is 9.47 Å². The highest BCUT2D eigenvalue weighted by Crippen LogP contribution is 2.19. The van der Waals surface area contributed by atoms with E-state index in [2.05, 4.69) is 15.6 Å². The number of aryl methyl sites for hydroxylation is 1. The fraction of sp³-hybridized carbons (Fsp3) is 0.583. The van der Waals surface area contributed by atoms with Gasteiger partial charge in [-0.05, 0) is 37.6 Å². The zero-order valence-electron chi connectivity index (χ0n) is 20.9. The van der Waals surface area contributed by atoms with Crippen molar-refractivity contribution in [3.05, 3.63) is 36.2 Å². The van der Waals surface area contributed by atoms with Crippen LogP contribution in [0.3, 0.4) is 0 Å². The molecule has 192 valence electrons. The molecule has 2 aromatic rings. The van der Waals surface area contributed by atoms with Crippen molar-refractivity contribution in [1.29, 1.82) is 0 Å². The number of hydrogen-bond acceptors (Lipinski definition) is 7. The highest BCUT2D eigenvalue weighted by atomic mass is 16.5. The van der Waals surface area contributed by atoms with Crippen molar-refractivity contribution in [3.8, 4) is 5.75 Å². The third-order valence-electron chi connectivity index (χ3n) is 6.28. The van der Waals surface area contributed by atoms with E-state index in [1.807, 2.05) is 13.8 Å². The molecule has 1 aliphatic heterocycles. The highest BCUT2D eigenvalue weighted by molar-refractivity contribution is 5.89. The summed E-state index contributed by atoms with van der Waals surface area (Å²) in [5, 5.41) is 20.7. The maximum Gasteiger partial charge on any atom is 0.321 e. The summed E-state index contributed by atoms with van der Waals surface area (Å²) in [7, 11) is 3.29. The third kappa shape index (κ3) is 7.15. The summed E-state index contributed by atoms with van der Waals surface area (Å²) >= 11 is 0. The quantitative estimate of drug-likeness (QED) is 0.637. The smallest absolute Gasteiger partial charge is 0.321 e. The van der Waals surface area contributed by atoms with Gasteiger partial charge in [-0.15, -0.1) is 5.10 Å². The first kappa shape index (κ1) is 26.4. The summed E-state index contributed by atoms with van der Waals surface area (Å²) < 4.78 is 13.2. The van der Waals surface area contributed by atoms with Gasteiger partial charge in [0.15, 0.2) is 0 Å². The van der Waals surface area contributed by atoms with E-state index in [1.165, 1.54) is 0 Å². The molecule has 0 saturated carbocycles. The van der Waals surface area contributed by atoms with Crippen LogP contribution in [0.15, 0.2) is 30.5 Å². The van der Waals surface area contributed by atoms with Crippen molar-refractivity contribution in [2.45, 2.75) is 52.0 Å². The summed E-state index contributed by atoms with van der Waals surface area (Å²) in [4.78, 5) is 29.1. The van der Waals surface area contributed by atoms with E-state index < -0.39 is 0 Å². The second-order valence-corrected chi connectivity index (χ2v) is 9.00. The number of urea groups is 1. The van der Waals surface area contributed by atoms with Gasteiger partial charge in [-0.2, -0.15) is 0 Å². The van der Waals surface area contributed by atoms with Crippen LogP contribution in [-0.4, -0.2) is 87.8 Å². The lowest BCUT2D eigenvalue weighted by Crippen LogP contribution is -2.48. The van der Waals surface area contributed by atoms with Crippen LogP contribution in [0.5, 0.6) is 5.75 Å². The Morgan fingerprint density at radius 3 is 2.80 bits per heavy atom. The average Bonchev–Trinajstić information content (AvgIpc) is 3.31. The number of hydrogen-bond donors (Lipinski definition) is 2. The van der Waals surface area contributed by atoms with E-state index in [0.29, 0.717) is 50.5 Å². The lowest BCUT2D eigenvalue weighted by atomic mass is 10.0. The van der Waals surface area contributed by atoms with Gasteiger partial charge in [-0.1, -0.05) is 12.1 Å². The van der Waals surface area contributed by atoms with Crippen LogP contribution >= 0.6 is 0 Å². The average molecular weight is 489 g/mol. The number of aliphatic hydroxyl groups excluding tert-OH is 1. The molecule has 2 N–H and O–H groups in total. The SMILES string of the molecule is COc1ccc(NC(=O)N(C)C[C@H]2OCc3cnnn3CCCC(=O)N([C@H](C)CO)C[C@H]2C)cc1. The monoisotopic (exact) mass is 488 g/mol. The van der Waals surface area contributed by atoms with Gasteiger partial charge >= 0.3 is 6.03 Å². The molecule has 0 fully saturated rings. The summed E-state index contributed by atoms with van der Waals surface area (Å²) in [6.45, 7) is 5.26. The third-order valence-corrected chi connectivity index (χ3v) is 6.28. The Hall–Kier alpha value is -3.18. The normalized spacial score (nSPS) is 20.3. The van der Waals surface area contributed by atoms with Crippen molar-refractivity contribution in [2.24, 2.45) is 5.92 Å². The Bertz CT molecular complexity index is 966. The fourth-order valence-electron chi connectivity index (χ4n) is 3.99. The number of nitrogens with one attached hydrogen (secondary N) is 1. The minimum Gasteiger partial charge on any atom is -0.497 e. The van der Waals surface area contributed by atoms with Gasteiger partial charge < -0.3 is 29.7 Å². The summed E-state index contributed by atoms with van der Waals surface area (Å²) in [6, 6.07) is 6.51. The van der Waals surface area contributed by atoms with Crippen LogP contribution in [0.4, 0.5) is 10.5 Å². The standard InChI is InChI=1S/C24H36N6O5/c1-17-13-29(18(2)15-31)23(32)6-5-11-30-20(12-25-27-30)16-35-22(17)14-28(3)24(33)26-19-7-9-21(34-4)10-8-19/h7-10,12,17-18,22,31H,5-6,11,13-16H2,1-4H3,(H,26,33)/t17-,18-,22-/m1/s1. The molecule has 0 saturated heterocycles. The van der Waals surface area contributed by atoms with Crippen LogP contribution in [0.1, 0.15) is 32.4 Å². The first-order valence-electron chi connectivity index (χ1n) is 11.9. The summed E-state index contributed by atoms with van der Waals surface area (Å²) in [6.07, 6.45) is 2.27. The molecule has 0 aliphatic carbocycles. The number of aliphatic hydroxyl groups is 1. The largest absolute Gasteiger partial charge is 0.497 e. The molecule has 0 radical (unpaired) electrons. The molecule has 0 unspecified atom stereocenters. The zero-order valence-corrected chi connectivity index (χ0v) is 20.9. The van der Waals surface area contributed by atoms with Gasteiger partial charge in [0.25, 0.3) is 0 Å². The fourth-order valence-corrected chi connectivity index (χ4v) is 3.99. The molecule has 3 atom stereocenters. The van der Waals surface area contributed by atoms with Gasteiger partial charge in [0.05, 0.1) is 44.4 Å². The molecular formula is C24H36N6O5. The second-order valence-electron chi connectivity index (χ2n) is 9.00. The number of nitrogens with zero attached hydrogens (tertiary/aromatic N) is 5. The Kier molecular flexibility index (Phi) is 9.44. The molecule has 3 rings (SSSR count). The zero-order chi connectivity index (χ0) is 25.4. The van der Waals surface area contributed by atoms with E-state index in [-0.39, 0.29) is 36.6 Å². The molecule has 0 bridgehead atoms. The molecule has 1 aromatic carbocycles. The predicted octanol–water partition coefficient (Wildman–Crippen LogP) is 1.98. The molecule has 35 heavy (non-hydrogen) atoms. The number of ether oxygens (including phenoxy) is 2. The predicted molar refractivity (Wildman–Crippen MR) is 130 cm³/mol. The topological polar surface area (TPSA) is 122 Å². The Morgan fingerprint density at radius 1 is 1.37 bits per heavy atom. The number of likely N-dealkylation sites (N-methyl/N-ethyl adjacent to an activating group) is 1. The number of amides is 3. The molecule has 0 spiro atoms. The molecule has 3 amide bonds. The van der Waals surface area contributed by atoms with Gasteiger partial charge in [0.2, 0.25) is 5.91 Å². The molecule has 1 aliphatic rings. The van der Waals surface area contributed by atoms with Crippen molar-refractivity contribution in [3.63, 3.8) is 0 Å². The number of carbonyl (C=O) groups excluding carboxylic acids is 2. The Morgan fingerprint density at radius 2 is 2.11 bits per heavy atom. The number of benzene rings is 1. The maximum atomic E-state index is 13.0. The van der Waals surface area contributed by atoms with Gasteiger partial charge in [-0.3, -0.25) is 4.79 Å². The van der Waals surface area contributed by atoms with Crippen LogP contribution < -0.4 is 10.1 Å². The van der Waals surface area contributed by atoms with Crippen molar-refractivity contribution in [2.75, 3.05) is 39.2 Å². The molecular weight excluding hydrogens is 452 g/mol. The maximum absolute atomic E-state index is 13.0. The van der Waals surface area contributed by atoms with Gasteiger partial charge in [-0.25, -0.2) is 9.48 Å². The van der Waals surface area contributed by atoms with Crippen molar-refractivity contribution < 1.29 is 24.2 Å². The van der Waals surface area contributed by atoms with E-state index >= 15 is 0 Å². The highest BCUT2D eigenvalue weighted by Gasteiger charge is 2.29.